The van der Waals surface area contributed by atoms with Gasteiger partial charge in [0.25, 0.3) is 5.56 Å². The Hall–Kier alpha value is -0.640. The molecule has 0 bridgehead atoms. The van der Waals surface area contributed by atoms with Crippen molar-refractivity contribution in [1.29, 1.82) is 0 Å². The second kappa shape index (κ2) is 4.40. The first-order valence-electron chi connectivity index (χ1n) is 3.95. The van der Waals surface area contributed by atoms with Gasteiger partial charge in [-0.2, -0.15) is 0 Å². The molecule has 0 saturated carbocycles. The maximum Gasteiger partial charge on any atom is 0.267 e. The molecule has 1 heterocycles. The fourth-order valence-electron chi connectivity index (χ4n) is 0.912. The molecule has 12 heavy (non-hydrogen) atoms. The third-order valence-electron chi connectivity index (χ3n) is 1.61. The smallest absolute Gasteiger partial charge is 0.267 e. The van der Waals surface area contributed by atoms with Gasteiger partial charge in [-0.25, -0.2) is 4.98 Å². The van der Waals surface area contributed by atoms with E-state index < -0.39 is 0 Å². The molecule has 0 amide bonds. The molecule has 0 N–H and O–H groups in total. The van der Waals surface area contributed by atoms with Gasteiger partial charge >= 0.3 is 0 Å². The summed E-state index contributed by atoms with van der Waals surface area (Å²) < 4.78 is 2.15. The van der Waals surface area contributed by atoms with Crippen LogP contribution in [0.15, 0.2) is 21.8 Å². The van der Waals surface area contributed by atoms with Gasteiger partial charge in [-0.3, -0.25) is 9.36 Å². The van der Waals surface area contributed by atoms with Crippen LogP contribution in [0.2, 0.25) is 0 Å². The molecule has 0 spiro atoms. The molecule has 1 aromatic rings. The van der Waals surface area contributed by atoms with Crippen LogP contribution < -0.4 is 5.56 Å². The van der Waals surface area contributed by atoms with Crippen molar-refractivity contribution in [3.63, 3.8) is 0 Å². The molecule has 0 aliphatic carbocycles. The third kappa shape index (κ3) is 2.17. The largest absolute Gasteiger partial charge is 0.298 e. The second-order valence-corrected chi connectivity index (χ2v) is 3.45. The maximum absolute atomic E-state index is 11.4. The molecule has 0 fully saturated rings. The minimum absolute atomic E-state index is 0.00144. The molecule has 0 saturated heterocycles. The van der Waals surface area contributed by atoms with Crippen molar-refractivity contribution in [2.75, 3.05) is 0 Å². The summed E-state index contributed by atoms with van der Waals surface area (Å²) in [6.45, 7) is 2.85. The van der Waals surface area contributed by atoms with Crippen molar-refractivity contribution in [3.8, 4) is 0 Å². The molecule has 4 heteroatoms. The number of nitrogens with zero attached hydrogens (tertiary/aromatic N) is 2. The minimum atomic E-state index is -0.00144. The van der Waals surface area contributed by atoms with E-state index in [9.17, 15) is 4.79 Å². The van der Waals surface area contributed by atoms with Gasteiger partial charge < -0.3 is 0 Å². The zero-order chi connectivity index (χ0) is 8.97. The normalized spacial score (nSPS) is 10.2. The fraction of sp³-hybridized carbons (Fsp3) is 0.500. The van der Waals surface area contributed by atoms with Crippen molar-refractivity contribution in [3.05, 3.63) is 27.4 Å². The molecular formula is C8H11BrN2O. The first-order chi connectivity index (χ1) is 5.75. The molecule has 66 valence electrons. The number of aromatic nitrogens is 2. The van der Waals surface area contributed by atoms with Crippen LogP contribution in [-0.2, 0) is 6.54 Å². The van der Waals surface area contributed by atoms with Gasteiger partial charge in [-0.05, 0) is 22.4 Å². The van der Waals surface area contributed by atoms with Crippen LogP contribution in [-0.4, -0.2) is 9.55 Å². The van der Waals surface area contributed by atoms with E-state index in [0.29, 0.717) is 4.47 Å². The number of aryl methyl sites for hydroxylation is 1. The van der Waals surface area contributed by atoms with Crippen LogP contribution in [0.5, 0.6) is 0 Å². The Labute approximate surface area is 79.6 Å². The van der Waals surface area contributed by atoms with Crippen molar-refractivity contribution >= 4 is 15.9 Å². The Morgan fingerprint density at radius 3 is 3.08 bits per heavy atom. The molecule has 0 aliphatic rings. The summed E-state index contributed by atoms with van der Waals surface area (Å²) in [5, 5.41) is 0. The zero-order valence-corrected chi connectivity index (χ0v) is 8.54. The van der Waals surface area contributed by atoms with Gasteiger partial charge in [0, 0.05) is 12.7 Å². The quantitative estimate of drug-likeness (QED) is 0.795. The van der Waals surface area contributed by atoms with E-state index >= 15 is 0 Å². The lowest BCUT2D eigenvalue weighted by atomic mass is 10.3. The summed E-state index contributed by atoms with van der Waals surface area (Å²) in [4.78, 5) is 15.3. The number of unbranched alkanes of at least 4 members (excludes halogenated alkanes) is 1. The van der Waals surface area contributed by atoms with Gasteiger partial charge in [0.2, 0.25) is 0 Å². The predicted octanol–water partition coefficient (Wildman–Crippen LogP) is 1.81. The first-order valence-corrected chi connectivity index (χ1v) is 4.75. The Balaban J connectivity index is 2.85. The fourth-order valence-corrected chi connectivity index (χ4v) is 1.26. The third-order valence-corrected chi connectivity index (χ3v) is 2.16. The highest BCUT2D eigenvalue weighted by molar-refractivity contribution is 9.10. The number of halogens is 1. The van der Waals surface area contributed by atoms with E-state index in [1.54, 1.807) is 10.9 Å². The highest BCUT2D eigenvalue weighted by atomic mass is 79.9. The van der Waals surface area contributed by atoms with E-state index in [1.807, 2.05) is 0 Å². The van der Waals surface area contributed by atoms with Crippen LogP contribution in [0.1, 0.15) is 19.8 Å². The molecule has 0 unspecified atom stereocenters. The van der Waals surface area contributed by atoms with E-state index in [2.05, 4.69) is 27.8 Å². The summed E-state index contributed by atoms with van der Waals surface area (Å²) in [6.07, 6.45) is 5.19. The van der Waals surface area contributed by atoms with Gasteiger partial charge in [-0.1, -0.05) is 13.3 Å². The molecule has 3 nitrogen and oxygen atoms in total. The van der Waals surface area contributed by atoms with E-state index in [0.717, 1.165) is 19.4 Å². The summed E-state index contributed by atoms with van der Waals surface area (Å²) >= 11 is 3.14. The zero-order valence-electron chi connectivity index (χ0n) is 6.96. The summed E-state index contributed by atoms with van der Waals surface area (Å²) in [5.74, 6) is 0. The van der Waals surface area contributed by atoms with Crippen molar-refractivity contribution in [2.24, 2.45) is 0 Å². The van der Waals surface area contributed by atoms with Crippen LogP contribution in [0, 0.1) is 0 Å². The van der Waals surface area contributed by atoms with Crippen LogP contribution in [0.3, 0.4) is 0 Å². The van der Waals surface area contributed by atoms with E-state index in [1.165, 1.54) is 6.20 Å². The molecule has 0 aromatic carbocycles. The summed E-state index contributed by atoms with van der Waals surface area (Å²) in [7, 11) is 0. The van der Waals surface area contributed by atoms with Gasteiger partial charge in [0.1, 0.15) is 4.47 Å². The SMILES string of the molecule is CCCCn1cncc(Br)c1=O. The average Bonchev–Trinajstić information content (AvgIpc) is 2.08. The summed E-state index contributed by atoms with van der Waals surface area (Å²) in [6, 6.07) is 0. The monoisotopic (exact) mass is 230 g/mol. The Kier molecular flexibility index (Phi) is 3.47. The van der Waals surface area contributed by atoms with Crippen molar-refractivity contribution in [2.45, 2.75) is 26.3 Å². The Bertz CT molecular complexity index is 308. The van der Waals surface area contributed by atoms with Crippen molar-refractivity contribution < 1.29 is 0 Å². The van der Waals surface area contributed by atoms with Crippen LogP contribution in [0.25, 0.3) is 0 Å². The van der Waals surface area contributed by atoms with E-state index in [-0.39, 0.29) is 5.56 Å². The van der Waals surface area contributed by atoms with Gasteiger partial charge in [-0.15, -0.1) is 0 Å². The van der Waals surface area contributed by atoms with Gasteiger partial charge in [0.15, 0.2) is 0 Å². The molecule has 1 rings (SSSR count). The predicted molar refractivity (Wildman–Crippen MR) is 51.1 cm³/mol. The average molecular weight is 231 g/mol. The lowest BCUT2D eigenvalue weighted by Gasteiger charge is -2.02. The molecular weight excluding hydrogens is 220 g/mol. The minimum Gasteiger partial charge on any atom is -0.298 e. The number of hydrogen-bond donors (Lipinski definition) is 0. The highest BCUT2D eigenvalue weighted by Crippen LogP contribution is 1.99. The van der Waals surface area contributed by atoms with Crippen molar-refractivity contribution in [1.82, 2.24) is 9.55 Å². The molecule has 1 aromatic heterocycles. The second-order valence-electron chi connectivity index (χ2n) is 2.59. The summed E-state index contributed by atoms with van der Waals surface area (Å²) in [5.41, 5.74) is -0.00144. The highest BCUT2D eigenvalue weighted by Gasteiger charge is 1.98. The maximum atomic E-state index is 11.4. The lowest BCUT2D eigenvalue weighted by molar-refractivity contribution is 0.600. The number of rotatable bonds is 3. The number of hydrogen-bond acceptors (Lipinski definition) is 2. The topological polar surface area (TPSA) is 34.9 Å². The lowest BCUT2D eigenvalue weighted by Crippen LogP contribution is -2.20. The Morgan fingerprint density at radius 2 is 2.42 bits per heavy atom. The van der Waals surface area contributed by atoms with Gasteiger partial charge in [0.05, 0.1) is 6.33 Å². The van der Waals surface area contributed by atoms with Crippen LogP contribution >= 0.6 is 15.9 Å². The standard InChI is InChI=1S/C8H11BrN2O/c1-2-3-4-11-6-10-5-7(9)8(11)12/h5-6H,2-4H2,1H3. The van der Waals surface area contributed by atoms with Crippen LogP contribution in [0.4, 0.5) is 0 Å². The first kappa shape index (κ1) is 9.45. The van der Waals surface area contributed by atoms with E-state index in [4.69, 9.17) is 0 Å². The molecule has 0 atom stereocenters. The molecule has 0 radical (unpaired) electrons. The Morgan fingerprint density at radius 1 is 1.67 bits per heavy atom. The molecule has 0 aliphatic heterocycles.